The fraction of sp³-hybridized carbons (Fsp3) is 0.308. The van der Waals surface area contributed by atoms with Crippen LogP contribution in [0.2, 0.25) is 5.02 Å². The fourth-order valence-corrected chi connectivity index (χ4v) is 1.72. The molecule has 2 amide bonds. The Bertz CT molecular complexity index is 571. The number of benzene rings is 1. The molecule has 0 aliphatic heterocycles. The van der Waals surface area contributed by atoms with E-state index in [1.165, 1.54) is 25.3 Å². The molecule has 1 atom stereocenters. The van der Waals surface area contributed by atoms with E-state index < -0.39 is 18.0 Å². The van der Waals surface area contributed by atoms with Crippen molar-refractivity contribution in [2.24, 2.45) is 0 Å². The van der Waals surface area contributed by atoms with E-state index in [-0.39, 0.29) is 23.6 Å². The van der Waals surface area contributed by atoms with Gasteiger partial charge in [-0.2, -0.15) is 5.26 Å². The van der Waals surface area contributed by atoms with E-state index in [2.05, 4.69) is 10.6 Å². The summed E-state index contributed by atoms with van der Waals surface area (Å²) in [5, 5.41) is 22.7. The average molecular weight is 312 g/mol. The van der Waals surface area contributed by atoms with E-state index in [0.717, 1.165) is 0 Å². The maximum Gasteiger partial charge on any atom is 0.326 e. The number of methoxy groups -OCH3 is 1. The third-order valence-corrected chi connectivity index (χ3v) is 2.87. The second kappa shape index (κ2) is 8.09. The molecule has 1 aromatic rings. The molecular weight excluding hydrogens is 298 g/mol. The van der Waals surface area contributed by atoms with Crippen molar-refractivity contribution in [3.05, 3.63) is 28.8 Å². The topological polar surface area (TPSA) is 111 Å². The van der Waals surface area contributed by atoms with E-state index in [1.54, 1.807) is 0 Å². The molecule has 0 saturated carbocycles. The number of halogens is 1. The fourth-order valence-electron chi connectivity index (χ4n) is 1.50. The molecule has 0 aromatic heterocycles. The standard InChI is InChI=1S/C13H14ClN3O4/c1-21-5-4-11(12(18)19)17-13(20)16-9-3-2-8(7-15)10(14)6-9/h2-3,6,11H,4-5H2,1H3,(H,18,19)(H2,16,17,20). The molecule has 1 aromatic carbocycles. The van der Waals surface area contributed by atoms with Gasteiger partial charge in [0.2, 0.25) is 0 Å². The number of anilines is 1. The maximum atomic E-state index is 11.7. The number of nitrogens with zero attached hydrogens (tertiary/aromatic N) is 1. The minimum Gasteiger partial charge on any atom is -0.480 e. The lowest BCUT2D eigenvalue weighted by Crippen LogP contribution is -2.43. The van der Waals surface area contributed by atoms with E-state index in [9.17, 15) is 9.59 Å². The molecule has 21 heavy (non-hydrogen) atoms. The zero-order valence-electron chi connectivity index (χ0n) is 11.2. The molecule has 1 unspecified atom stereocenters. The van der Waals surface area contributed by atoms with Gasteiger partial charge in [-0.15, -0.1) is 0 Å². The number of aliphatic carboxylic acids is 1. The Labute approximate surface area is 126 Å². The first kappa shape index (κ1) is 16.8. The molecule has 0 spiro atoms. The van der Waals surface area contributed by atoms with Crippen molar-refractivity contribution in [1.29, 1.82) is 5.26 Å². The molecule has 0 aliphatic rings. The number of carboxylic acids is 1. The van der Waals surface area contributed by atoms with Crippen molar-refractivity contribution < 1.29 is 19.4 Å². The van der Waals surface area contributed by atoms with Crippen LogP contribution < -0.4 is 10.6 Å². The van der Waals surface area contributed by atoms with Crippen molar-refractivity contribution in [2.45, 2.75) is 12.5 Å². The number of carboxylic acid groups (broad SMARTS) is 1. The minimum absolute atomic E-state index is 0.146. The zero-order valence-corrected chi connectivity index (χ0v) is 12.0. The third kappa shape index (κ3) is 5.30. The SMILES string of the molecule is COCCC(NC(=O)Nc1ccc(C#N)c(Cl)c1)C(=O)O. The number of ether oxygens (including phenoxy) is 1. The van der Waals surface area contributed by atoms with Gasteiger partial charge in [-0.25, -0.2) is 9.59 Å². The van der Waals surface area contributed by atoms with Gasteiger partial charge in [0.25, 0.3) is 0 Å². The van der Waals surface area contributed by atoms with Crippen LogP contribution in [0.1, 0.15) is 12.0 Å². The van der Waals surface area contributed by atoms with Crippen LogP contribution in [0.3, 0.4) is 0 Å². The van der Waals surface area contributed by atoms with Gasteiger partial charge < -0.3 is 20.5 Å². The summed E-state index contributed by atoms with van der Waals surface area (Å²) < 4.78 is 4.78. The first-order valence-electron chi connectivity index (χ1n) is 5.96. The van der Waals surface area contributed by atoms with Gasteiger partial charge in [0.05, 0.1) is 10.6 Å². The lowest BCUT2D eigenvalue weighted by molar-refractivity contribution is -0.139. The normalized spacial score (nSPS) is 11.3. The van der Waals surface area contributed by atoms with Crippen LogP contribution in [0, 0.1) is 11.3 Å². The van der Waals surface area contributed by atoms with Crippen LogP contribution in [0.5, 0.6) is 0 Å². The molecule has 3 N–H and O–H groups in total. The van der Waals surface area contributed by atoms with Gasteiger partial charge in [-0.1, -0.05) is 11.6 Å². The second-order valence-corrected chi connectivity index (χ2v) is 4.48. The number of nitrogens with one attached hydrogen (secondary N) is 2. The van der Waals surface area contributed by atoms with E-state index >= 15 is 0 Å². The van der Waals surface area contributed by atoms with Crippen LogP contribution in [0.15, 0.2) is 18.2 Å². The molecule has 8 heteroatoms. The minimum atomic E-state index is -1.15. The first-order valence-corrected chi connectivity index (χ1v) is 6.34. The Hall–Kier alpha value is -2.30. The van der Waals surface area contributed by atoms with Crippen LogP contribution in [-0.2, 0) is 9.53 Å². The summed E-state index contributed by atoms with van der Waals surface area (Å²) in [6.45, 7) is 0.208. The number of hydrogen-bond acceptors (Lipinski definition) is 4. The van der Waals surface area contributed by atoms with Gasteiger partial charge in [0.1, 0.15) is 12.1 Å². The Balaban J connectivity index is 2.66. The molecule has 0 heterocycles. The highest BCUT2D eigenvalue weighted by molar-refractivity contribution is 6.32. The highest BCUT2D eigenvalue weighted by Gasteiger charge is 2.19. The molecule has 7 nitrogen and oxygen atoms in total. The lowest BCUT2D eigenvalue weighted by Gasteiger charge is -2.14. The van der Waals surface area contributed by atoms with E-state index in [0.29, 0.717) is 5.69 Å². The number of hydrogen-bond donors (Lipinski definition) is 3. The summed E-state index contributed by atoms with van der Waals surface area (Å²) in [5.74, 6) is -1.15. The van der Waals surface area contributed by atoms with Crippen molar-refractivity contribution in [1.82, 2.24) is 5.32 Å². The van der Waals surface area contributed by atoms with Crippen LogP contribution in [0.4, 0.5) is 10.5 Å². The van der Waals surface area contributed by atoms with Crippen LogP contribution >= 0.6 is 11.6 Å². The zero-order chi connectivity index (χ0) is 15.8. The number of urea groups is 1. The smallest absolute Gasteiger partial charge is 0.326 e. The second-order valence-electron chi connectivity index (χ2n) is 4.08. The van der Waals surface area contributed by atoms with Crippen molar-refractivity contribution >= 4 is 29.3 Å². The number of carbonyl (C=O) groups is 2. The summed E-state index contributed by atoms with van der Waals surface area (Å²) in [5.41, 5.74) is 0.638. The van der Waals surface area contributed by atoms with Gasteiger partial charge in [-0.05, 0) is 18.2 Å². The molecule has 0 bridgehead atoms. The predicted molar refractivity (Wildman–Crippen MR) is 76.2 cm³/mol. The Morgan fingerprint density at radius 3 is 2.76 bits per heavy atom. The van der Waals surface area contributed by atoms with E-state index in [4.69, 9.17) is 26.7 Å². The molecule has 0 radical (unpaired) electrons. The summed E-state index contributed by atoms with van der Waals surface area (Å²) in [6.07, 6.45) is 0.146. The van der Waals surface area contributed by atoms with Crippen LogP contribution in [-0.4, -0.2) is 36.9 Å². The summed E-state index contributed by atoms with van der Waals surface area (Å²) >= 11 is 5.83. The molecular formula is C13H14ClN3O4. The van der Waals surface area contributed by atoms with Crippen molar-refractivity contribution in [2.75, 3.05) is 19.0 Å². The summed E-state index contributed by atoms with van der Waals surface area (Å²) in [7, 11) is 1.44. The molecule has 1 rings (SSSR count). The molecule has 112 valence electrons. The highest BCUT2D eigenvalue weighted by atomic mass is 35.5. The maximum absolute atomic E-state index is 11.7. The summed E-state index contributed by atoms with van der Waals surface area (Å²) in [4.78, 5) is 22.7. The van der Waals surface area contributed by atoms with Crippen molar-refractivity contribution in [3.63, 3.8) is 0 Å². The molecule has 0 fully saturated rings. The first-order chi connectivity index (χ1) is 9.97. The van der Waals surface area contributed by atoms with Gasteiger partial charge in [0.15, 0.2) is 0 Å². The average Bonchev–Trinajstić information content (AvgIpc) is 2.43. The predicted octanol–water partition coefficient (Wildman–Crippen LogP) is 1.82. The largest absolute Gasteiger partial charge is 0.480 e. The molecule has 0 aliphatic carbocycles. The van der Waals surface area contributed by atoms with Gasteiger partial charge in [-0.3, -0.25) is 0 Å². The number of carbonyl (C=O) groups excluding carboxylic acids is 1. The Kier molecular flexibility index (Phi) is 6.46. The van der Waals surface area contributed by atoms with E-state index in [1.807, 2.05) is 6.07 Å². The lowest BCUT2D eigenvalue weighted by atomic mass is 10.2. The highest BCUT2D eigenvalue weighted by Crippen LogP contribution is 2.20. The quantitative estimate of drug-likeness (QED) is 0.742. The van der Waals surface area contributed by atoms with Crippen LogP contribution in [0.25, 0.3) is 0 Å². The third-order valence-electron chi connectivity index (χ3n) is 2.56. The van der Waals surface area contributed by atoms with Gasteiger partial charge in [0, 0.05) is 25.8 Å². The Morgan fingerprint density at radius 1 is 1.52 bits per heavy atom. The Morgan fingerprint density at radius 2 is 2.24 bits per heavy atom. The number of nitriles is 1. The number of amides is 2. The van der Waals surface area contributed by atoms with Gasteiger partial charge >= 0.3 is 12.0 Å². The summed E-state index contributed by atoms with van der Waals surface area (Å²) in [6, 6.07) is 4.51. The monoisotopic (exact) mass is 311 g/mol. The number of rotatable bonds is 6. The molecule has 0 saturated heterocycles. The van der Waals surface area contributed by atoms with Crippen molar-refractivity contribution in [3.8, 4) is 6.07 Å².